The number of morpholine rings is 1. The van der Waals surface area contributed by atoms with Crippen molar-refractivity contribution in [1.82, 2.24) is 14.8 Å². The number of aromatic nitrogens is 3. The van der Waals surface area contributed by atoms with Crippen LogP contribution in [0, 0.1) is 6.92 Å². The van der Waals surface area contributed by atoms with Gasteiger partial charge in [-0.05, 0) is 36.8 Å². The Morgan fingerprint density at radius 2 is 2.03 bits per heavy atom. The zero-order chi connectivity index (χ0) is 22.1. The molecule has 0 atom stereocenters. The van der Waals surface area contributed by atoms with Crippen molar-refractivity contribution in [2.24, 2.45) is 0 Å². The fourth-order valence-corrected chi connectivity index (χ4v) is 5.08. The van der Waals surface area contributed by atoms with E-state index in [9.17, 15) is 4.79 Å². The minimum atomic E-state index is -0.155. The number of hydrogen-bond acceptors (Lipinski definition) is 6. The van der Waals surface area contributed by atoms with Crippen LogP contribution in [0.15, 0.2) is 48.7 Å². The van der Waals surface area contributed by atoms with E-state index in [1.807, 2.05) is 54.1 Å². The second kappa shape index (κ2) is 8.90. The largest absolute Gasteiger partial charge is 0.378 e. The molecule has 0 unspecified atom stereocenters. The van der Waals surface area contributed by atoms with E-state index in [4.69, 9.17) is 16.3 Å². The van der Waals surface area contributed by atoms with Crippen molar-refractivity contribution >= 4 is 50.6 Å². The van der Waals surface area contributed by atoms with Crippen LogP contribution in [-0.2, 0) is 11.3 Å². The lowest BCUT2D eigenvalue weighted by molar-refractivity contribution is 0.103. The van der Waals surface area contributed by atoms with Crippen LogP contribution in [0.4, 0.5) is 11.5 Å². The zero-order valence-corrected chi connectivity index (χ0v) is 19.1. The summed E-state index contributed by atoms with van der Waals surface area (Å²) in [6, 6.07) is 13.4. The molecule has 1 amide bonds. The highest BCUT2D eigenvalue weighted by Crippen LogP contribution is 2.31. The van der Waals surface area contributed by atoms with Gasteiger partial charge in [-0.25, -0.2) is 4.98 Å². The second-order valence-electron chi connectivity index (χ2n) is 7.59. The Kier molecular flexibility index (Phi) is 5.82. The highest BCUT2D eigenvalue weighted by molar-refractivity contribution is 7.20. The molecule has 3 aromatic heterocycles. The molecule has 4 aromatic rings. The van der Waals surface area contributed by atoms with Gasteiger partial charge in [0.25, 0.3) is 5.91 Å². The summed E-state index contributed by atoms with van der Waals surface area (Å²) in [5.41, 5.74) is 2.58. The number of carbonyl (C=O) groups is 1. The van der Waals surface area contributed by atoms with Crippen LogP contribution in [0.1, 0.15) is 20.9 Å². The highest BCUT2D eigenvalue weighted by atomic mass is 35.5. The molecule has 5 rings (SSSR count). The van der Waals surface area contributed by atoms with Gasteiger partial charge in [-0.2, -0.15) is 5.10 Å². The number of nitrogens with one attached hydrogen (secondary N) is 1. The van der Waals surface area contributed by atoms with Crippen molar-refractivity contribution in [2.75, 3.05) is 36.5 Å². The van der Waals surface area contributed by atoms with E-state index in [1.54, 1.807) is 6.20 Å². The van der Waals surface area contributed by atoms with Crippen LogP contribution >= 0.6 is 22.9 Å². The van der Waals surface area contributed by atoms with E-state index in [-0.39, 0.29) is 5.91 Å². The lowest BCUT2D eigenvalue weighted by Gasteiger charge is -2.29. The average Bonchev–Trinajstić information content (AvgIpc) is 3.38. The van der Waals surface area contributed by atoms with Crippen molar-refractivity contribution < 1.29 is 9.53 Å². The quantitative estimate of drug-likeness (QED) is 0.464. The number of nitrogens with zero attached hydrogens (tertiary/aromatic N) is 4. The number of fused-ring (bicyclic) bond motifs is 1. The Labute approximate surface area is 194 Å². The summed E-state index contributed by atoms with van der Waals surface area (Å²) in [6.45, 7) is 5.31. The van der Waals surface area contributed by atoms with Crippen LogP contribution in [0.3, 0.4) is 0 Å². The number of thiophene rings is 1. The van der Waals surface area contributed by atoms with Gasteiger partial charge in [0.15, 0.2) is 5.82 Å². The number of halogens is 1. The maximum Gasteiger partial charge on any atom is 0.265 e. The van der Waals surface area contributed by atoms with E-state index in [1.165, 1.54) is 11.3 Å². The fraction of sp³-hybridized carbons (Fsp3) is 0.261. The molecule has 0 aliphatic carbocycles. The van der Waals surface area contributed by atoms with E-state index >= 15 is 0 Å². The molecule has 1 aromatic carbocycles. The van der Waals surface area contributed by atoms with Crippen LogP contribution in [0.2, 0.25) is 5.02 Å². The smallest absolute Gasteiger partial charge is 0.265 e. The number of carbonyl (C=O) groups excluding carboxylic acids is 1. The first-order valence-corrected chi connectivity index (χ1v) is 11.6. The Bertz CT molecular complexity index is 1280. The predicted octanol–water partition coefficient (Wildman–Crippen LogP) is 4.59. The van der Waals surface area contributed by atoms with Crippen LogP contribution in [0.5, 0.6) is 0 Å². The molecule has 0 spiro atoms. The molecule has 0 bridgehead atoms. The topological polar surface area (TPSA) is 72.3 Å². The number of benzene rings is 1. The molecule has 0 saturated carbocycles. The summed E-state index contributed by atoms with van der Waals surface area (Å²) in [6.07, 6.45) is 1.74. The summed E-state index contributed by atoms with van der Waals surface area (Å²) in [5.74, 6) is 0.615. The van der Waals surface area contributed by atoms with Crippen molar-refractivity contribution in [3.63, 3.8) is 0 Å². The summed E-state index contributed by atoms with van der Waals surface area (Å²) >= 11 is 7.77. The predicted molar refractivity (Wildman–Crippen MR) is 128 cm³/mol. The third-order valence-corrected chi connectivity index (χ3v) is 6.97. The summed E-state index contributed by atoms with van der Waals surface area (Å²) in [4.78, 5) is 21.3. The van der Waals surface area contributed by atoms with E-state index in [0.717, 1.165) is 40.4 Å². The summed E-state index contributed by atoms with van der Waals surface area (Å²) < 4.78 is 7.35. The standard InChI is InChI=1S/C23H22ClN5O2S/c1-15-17-13-20(32-23(17)29(27-15)14-16-5-2-3-6-18(16)24)22(30)26-19-7-4-8-25-21(19)28-9-11-31-12-10-28/h2-8,13H,9-12,14H2,1H3,(H,26,30). The fourth-order valence-electron chi connectivity index (χ4n) is 3.83. The third kappa shape index (κ3) is 4.09. The van der Waals surface area contributed by atoms with Gasteiger partial charge in [0.2, 0.25) is 0 Å². The maximum absolute atomic E-state index is 13.1. The monoisotopic (exact) mass is 467 g/mol. The van der Waals surface area contributed by atoms with E-state index < -0.39 is 0 Å². The van der Waals surface area contributed by atoms with E-state index in [2.05, 4.69) is 20.3 Å². The molecule has 1 fully saturated rings. The Morgan fingerprint density at radius 3 is 2.84 bits per heavy atom. The van der Waals surface area contributed by atoms with Gasteiger partial charge in [-0.3, -0.25) is 9.48 Å². The van der Waals surface area contributed by atoms with Gasteiger partial charge in [0.05, 0.1) is 36.0 Å². The summed E-state index contributed by atoms with van der Waals surface area (Å²) in [7, 11) is 0. The Hall–Kier alpha value is -2.94. The van der Waals surface area contributed by atoms with Crippen molar-refractivity contribution in [1.29, 1.82) is 0 Å². The van der Waals surface area contributed by atoms with Crippen LogP contribution in [0.25, 0.3) is 10.2 Å². The molecule has 32 heavy (non-hydrogen) atoms. The first-order chi connectivity index (χ1) is 15.6. The number of ether oxygens (including phenoxy) is 1. The number of pyridine rings is 1. The zero-order valence-electron chi connectivity index (χ0n) is 17.5. The van der Waals surface area contributed by atoms with Gasteiger partial charge in [-0.15, -0.1) is 11.3 Å². The lowest BCUT2D eigenvalue weighted by Crippen LogP contribution is -2.37. The molecule has 9 heteroatoms. The molecule has 4 heterocycles. The van der Waals surface area contributed by atoms with Crippen molar-refractivity contribution in [2.45, 2.75) is 13.5 Å². The SMILES string of the molecule is Cc1nn(Cc2ccccc2Cl)c2sc(C(=O)Nc3cccnc3N3CCOCC3)cc12. The normalized spacial score (nSPS) is 14.1. The van der Waals surface area contributed by atoms with Crippen molar-refractivity contribution in [3.05, 3.63) is 69.8 Å². The molecular weight excluding hydrogens is 446 g/mol. The molecule has 1 N–H and O–H groups in total. The number of amides is 1. The van der Waals surface area contributed by atoms with Crippen LogP contribution < -0.4 is 10.2 Å². The number of aryl methyl sites for hydroxylation is 1. The highest BCUT2D eigenvalue weighted by Gasteiger charge is 2.20. The van der Waals surface area contributed by atoms with Gasteiger partial charge in [0, 0.05) is 29.7 Å². The average molecular weight is 468 g/mol. The first-order valence-electron chi connectivity index (χ1n) is 10.4. The summed E-state index contributed by atoms with van der Waals surface area (Å²) in [5, 5.41) is 9.39. The third-order valence-electron chi connectivity index (χ3n) is 5.45. The maximum atomic E-state index is 13.1. The molecule has 0 radical (unpaired) electrons. The number of anilines is 2. The number of hydrogen-bond donors (Lipinski definition) is 1. The van der Waals surface area contributed by atoms with Gasteiger partial charge in [-0.1, -0.05) is 29.8 Å². The Morgan fingerprint density at radius 1 is 1.22 bits per heavy atom. The van der Waals surface area contributed by atoms with Crippen LogP contribution in [-0.4, -0.2) is 47.0 Å². The van der Waals surface area contributed by atoms with Gasteiger partial charge in [0.1, 0.15) is 4.83 Å². The second-order valence-corrected chi connectivity index (χ2v) is 9.03. The molecule has 164 valence electrons. The van der Waals surface area contributed by atoms with Gasteiger partial charge < -0.3 is 15.0 Å². The minimum absolute atomic E-state index is 0.155. The molecule has 1 aliphatic heterocycles. The first kappa shape index (κ1) is 20.9. The minimum Gasteiger partial charge on any atom is -0.378 e. The molecule has 1 aliphatic rings. The Balaban J connectivity index is 1.41. The van der Waals surface area contributed by atoms with Gasteiger partial charge >= 0.3 is 0 Å². The molecule has 1 saturated heterocycles. The lowest BCUT2D eigenvalue weighted by atomic mass is 10.2. The number of rotatable bonds is 5. The molecule has 7 nitrogen and oxygen atoms in total. The molecular formula is C23H22ClN5O2S. The van der Waals surface area contributed by atoms with E-state index in [0.29, 0.717) is 35.3 Å². The van der Waals surface area contributed by atoms with Crippen molar-refractivity contribution in [3.8, 4) is 0 Å².